The van der Waals surface area contributed by atoms with Gasteiger partial charge in [-0.1, -0.05) is 12.8 Å². The molecule has 25 heavy (non-hydrogen) atoms. The maximum Gasteiger partial charge on any atom is 0.211 e. The third-order valence-electron chi connectivity index (χ3n) is 7.44. The number of ketones is 1. The maximum absolute atomic E-state index is 13.1. The van der Waals surface area contributed by atoms with Crippen LogP contribution in [0.4, 0.5) is 0 Å². The fraction of sp³-hybridized carbons (Fsp3) is 0.737. The van der Waals surface area contributed by atoms with Crippen LogP contribution < -0.4 is 0 Å². The molecule has 128 valence electrons. The Labute approximate surface area is 146 Å². The number of nitriles is 3. The van der Waals surface area contributed by atoms with Gasteiger partial charge in [-0.05, 0) is 38.5 Å². The standard InChI is InChI=1S/C19H20N4O2/c20-10-17(11-21)18(12-22)15(23)25-19(17)8-4-1-5-13(19)9-16(18)7-3-2-6-14(16)24/h13,23H,1-9H2/t13-,16+,18-,19+/m1/s1. The number of ether oxygens (including phenoxy) is 1. The molecular formula is C19H20N4O2. The highest BCUT2D eigenvalue weighted by molar-refractivity contribution is 6.00. The van der Waals surface area contributed by atoms with Gasteiger partial charge in [0.2, 0.25) is 11.3 Å². The van der Waals surface area contributed by atoms with Crippen molar-refractivity contribution in [3.05, 3.63) is 0 Å². The highest BCUT2D eigenvalue weighted by atomic mass is 16.5. The summed E-state index contributed by atoms with van der Waals surface area (Å²) < 4.78 is 6.01. The van der Waals surface area contributed by atoms with Gasteiger partial charge in [0.25, 0.3) is 0 Å². The third kappa shape index (κ3) is 1.38. The van der Waals surface area contributed by atoms with Crippen molar-refractivity contribution in [2.75, 3.05) is 0 Å². The van der Waals surface area contributed by atoms with Crippen LogP contribution in [0.5, 0.6) is 0 Å². The van der Waals surface area contributed by atoms with E-state index in [-0.39, 0.29) is 17.6 Å². The van der Waals surface area contributed by atoms with Gasteiger partial charge < -0.3 is 4.74 Å². The lowest BCUT2D eigenvalue weighted by Crippen LogP contribution is -2.68. The van der Waals surface area contributed by atoms with Crippen molar-refractivity contribution in [2.24, 2.45) is 22.2 Å². The number of Topliss-reactive ketones (excluding diaryl/α,β-unsaturated/α-hetero) is 1. The Morgan fingerprint density at radius 2 is 1.76 bits per heavy atom. The molecule has 1 saturated heterocycles. The van der Waals surface area contributed by atoms with E-state index < -0.39 is 21.8 Å². The van der Waals surface area contributed by atoms with Crippen molar-refractivity contribution in [1.29, 1.82) is 21.2 Å². The summed E-state index contributed by atoms with van der Waals surface area (Å²) >= 11 is 0. The van der Waals surface area contributed by atoms with Crippen molar-refractivity contribution in [1.82, 2.24) is 0 Å². The summed E-state index contributed by atoms with van der Waals surface area (Å²) in [6.45, 7) is 0. The number of hydrogen-bond acceptors (Lipinski definition) is 6. The highest BCUT2D eigenvalue weighted by Crippen LogP contribution is 2.75. The molecule has 3 aliphatic carbocycles. The van der Waals surface area contributed by atoms with Gasteiger partial charge in [-0.2, -0.15) is 15.8 Å². The zero-order valence-electron chi connectivity index (χ0n) is 14.1. The molecule has 1 heterocycles. The minimum Gasteiger partial charge on any atom is -0.470 e. The molecule has 2 spiro atoms. The maximum atomic E-state index is 13.1. The molecule has 6 heteroatoms. The summed E-state index contributed by atoms with van der Waals surface area (Å²) in [7, 11) is 0. The minimum atomic E-state index is -1.79. The lowest BCUT2D eigenvalue weighted by molar-refractivity contribution is -0.163. The summed E-state index contributed by atoms with van der Waals surface area (Å²) in [6.07, 6.45) is 5.84. The minimum absolute atomic E-state index is 0.0652. The van der Waals surface area contributed by atoms with Gasteiger partial charge in [-0.25, -0.2) is 0 Å². The van der Waals surface area contributed by atoms with Gasteiger partial charge >= 0.3 is 0 Å². The number of rotatable bonds is 0. The van der Waals surface area contributed by atoms with Crippen molar-refractivity contribution in [3.63, 3.8) is 0 Å². The van der Waals surface area contributed by atoms with Gasteiger partial charge in [0.05, 0.1) is 23.6 Å². The van der Waals surface area contributed by atoms with E-state index in [1.807, 2.05) is 0 Å². The number of fused-ring (bicyclic) bond motifs is 2. The SMILES string of the molecule is N#CC1(C#N)[C@]23CCCC[C@@H]2C[C@]2(CCCCC2=O)[C@@]1(C#N)C(=N)O3. The summed E-state index contributed by atoms with van der Waals surface area (Å²) in [5.74, 6) is -0.519. The number of carbonyl (C=O) groups excluding carboxylic acids is 1. The molecule has 4 aliphatic rings. The second kappa shape index (κ2) is 4.83. The van der Waals surface area contributed by atoms with Crippen LogP contribution in [0, 0.1) is 61.6 Å². The van der Waals surface area contributed by atoms with Crippen LogP contribution in [0.25, 0.3) is 0 Å². The number of carbonyl (C=O) groups is 1. The molecule has 4 atom stereocenters. The first-order chi connectivity index (χ1) is 12.0. The molecule has 0 unspecified atom stereocenters. The summed E-state index contributed by atoms with van der Waals surface area (Å²) in [5.41, 5.74) is -5.83. The summed E-state index contributed by atoms with van der Waals surface area (Å²) in [6, 6.07) is 6.42. The average Bonchev–Trinajstić information content (AvgIpc) is 2.78. The van der Waals surface area contributed by atoms with Crippen molar-refractivity contribution >= 4 is 11.7 Å². The molecule has 3 saturated carbocycles. The number of nitrogens with zero attached hydrogens (tertiary/aromatic N) is 3. The number of nitrogens with one attached hydrogen (secondary N) is 1. The first-order valence-electron chi connectivity index (χ1n) is 9.05. The Bertz CT molecular complexity index is 786. The van der Waals surface area contributed by atoms with Crippen LogP contribution in [-0.4, -0.2) is 17.3 Å². The first kappa shape index (κ1) is 16.1. The van der Waals surface area contributed by atoms with E-state index in [9.17, 15) is 20.6 Å². The van der Waals surface area contributed by atoms with Gasteiger partial charge in [0.1, 0.15) is 11.4 Å². The Morgan fingerprint density at radius 1 is 1.04 bits per heavy atom. The van der Waals surface area contributed by atoms with Crippen LogP contribution in [0.3, 0.4) is 0 Å². The topological polar surface area (TPSA) is 122 Å². The van der Waals surface area contributed by atoms with Gasteiger partial charge in [0, 0.05) is 12.3 Å². The fourth-order valence-corrected chi connectivity index (χ4v) is 6.41. The predicted molar refractivity (Wildman–Crippen MR) is 85.7 cm³/mol. The zero-order chi connectivity index (χ0) is 17.9. The van der Waals surface area contributed by atoms with E-state index in [0.29, 0.717) is 25.7 Å². The first-order valence-corrected chi connectivity index (χ1v) is 9.05. The average molecular weight is 336 g/mol. The van der Waals surface area contributed by atoms with Crippen molar-refractivity contribution in [3.8, 4) is 18.2 Å². The van der Waals surface area contributed by atoms with Gasteiger partial charge in [0.15, 0.2) is 5.41 Å². The lowest BCUT2D eigenvalue weighted by atomic mass is 9.37. The Balaban J connectivity index is 2.08. The second-order valence-electron chi connectivity index (χ2n) is 8.02. The van der Waals surface area contributed by atoms with Crippen LogP contribution in [0.1, 0.15) is 57.8 Å². The Morgan fingerprint density at radius 3 is 2.40 bits per heavy atom. The molecule has 1 aliphatic heterocycles. The molecule has 1 N–H and O–H groups in total. The fourth-order valence-electron chi connectivity index (χ4n) is 6.41. The Hall–Kier alpha value is -2.39. The quantitative estimate of drug-likeness (QED) is 0.728. The molecule has 0 amide bonds. The molecule has 2 bridgehead atoms. The third-order valence-corrected chi connectivity index (χ3v) is 7.44. The molecule has 0 aromatic heterocycles. The summed E-state index contributed by atoms with van der Waals surface area (Å²) in [4.78, 5) is 13.1. The molecule has 4 fully saturated rings. The normalized spacial score (nSPS) is 44.1. The molecular weight excluding hydrogens is 316 g/mol. The van der Waals surface area contributed by atoms with Crippen molar-refractivity contribution in [2.45, 2.75) is 63.4 Å². The second-order valence-corrected chi connectivity index (χ2v) is 8.02. The molecule has 4 rings (SSSR count). The van der Waals surface area contributed by atoms with E-state index in [2.05, 4.69) is 18.2 Å². The van der Waals surface area contributed by atoms with E-state index in [1.54, 1.807) is 0 Å². The molecule has 0 aromatic rings. The predicted octanol–water partition coefficient (Wildman–Crippen LogP) is 3.00. The van der Waals surface area contributed by atoms with Crippen LogP contribution >= 0.6 is 0 Å². The number of hydrogen-bond donors (Lipinski definition) is 1. The Kier molecular flexibility index (Phi) is 3.11. The van der Waals surface area contributed by atoms with Crippen LogP contribution in [0.15, 0.2) is 0 Å². The smallest absolute Gasteiger partial charge is 0.211 e. The van der Waals surface area contributed by atoms with Crippen molar-refractivity contribution < 1.29 is 9.53 Å². The largest absolute Gasteiger partial charge is 0.470 e. The van der Waals surface area contributed by atoms with Gasteiger partial charge in [-0.3, -0.25) is 10.2 Å². The summed E-state index contributed by atoms with van der Waals surface area (Å²) in [5, 5.41) is 39.1. The van der Waals surface area contributed by atoms with Gasteiger partial charge in [-0.15, -0.1) is 0 Å². The molecule has 6 nitrogen and oxygen atoms in total. The van der Waals surface area contributed by atoms with E-state index in [4.69, 9.17) is 10.1 Å². The van der Waals surface area contributed by atoms with Crippen LogP contribution in [0.2, 0.25) is 0 Å². The highest BCUT2D eigenvalue weighted by Gasteiger charge is 2.87. The molecule has 0 radical (unpaired) electrons. The zero-order valence-corrected chi connectivity index (χ0v) is 14.1. The lowest BCUT2D eigenvalue weighted by Gasteiger charge is -2.58. The van der Waals surface area contributed by atoms with E-state index in [1.165, 1.54) is 0 Å². The van der Waals surface area contributed by atoms with Crippen LogP contribution in [-0.2, 0) is 9.53 Å². The molecule has 0 aromatic carbocycles. The monoisotopic (exact) mass is 336 g/mol. The van der Waals surface area contributed by atoms with E-state index >= 15 is 0 Å². The van der Waals surface area contributed by atoms with E-state index in [0.717, 1.165) is 32.1 Å².